The average Bonchev–Trinajstić information content (AvgIpc) is 0.760. The molecule has 546 valence electrons. The monoisotopic (exact) mass is 1370 g/mol. The molecule has 2 aliphatic rings. The van der Waals surface area contributed by atoms with Gasteiger partial charge in [0.15, 0.2) is 12.4 Å². The summed E-state index contributed by atoms with van der Waals surface area (Å²) < 4.78 is 65.7. The van der Waals surface area contributed by atoms with E-state index < -0.39 is 126 Å². The van der Waals surface area contributed by atoms with Crippen LogP contribution in [-0.2, 0) is 65.8 Å². The summed E-state index contributed by atoms with van der Waals surface area (Å²) in [4.78, 5) is 110. The van der Waals surface area contributed by atoms with Gasteiger partial charge in [0.1, 0.15) is 54.8 Å². The SMILES string of the molecule is CCCCCCCCCCCCCC(=O)N[C@H]1[C@@H](OP(=O)(O)O)O[C@H](CO[C@]2(N)O[C@H](CO)[C@@H](OP(=O)(O)O)[C@H](OC(=O)CNC(=O)CCCCCCCCCCC)[C@H]2C(=O)CCCCCCCCCCCCC)[C@@H](O)[C@@H]1OC(=O)CCCCCCCCCCCCC. The third-order valence-corrected chi connectivity index (χ3v) is 18.8. The Morgan fingerprint density at radius 2 is 0.828 bits per heavy atom. The van der Waals surface area contributed by atoms with Crippen molar-refractivity contribution in [1.82, 2.24) is 10.6 Å². The van der Waals surface area contributed by atoms with Crippen molar-refractivity contribution >= 4 is 45.2 Å². The zero-order valence-corrected chi connectivity index (χ0v) is 59.5. The Labute approximate surface area is 558 Å². The van der Waals surface area contributed by atoms with Gasteiger partial charge in [0, 0.05) is 25.7 Å². The number of phosphoric acid groups is 2. The van der Waals surface area contributed by atoms with Gasteiger partial charge in [-0.05, 0) is 25.7 Å². The maximum absolute atomic E-state index is 14.9. The molecule has 0 unspecified atom stereocenters. The van der Waals surface area contributed by atoms with Gasteiger partial charge in [-0.15, -0.1) is 0 Å². The van der Waals surface area contributed by atoms with Crippen molar-refractivity contribution < 1.29 is 95.6 Å². The number of rotatable bonds is 60. The minimum absolute atomic E-state index is 0.0317. The highest BCUT2D eigenvalue weighted by Gasteiger charge is 2.61. The number of unbranched alkanes of at least 4 members (excludes halogenated alkanes) is 38. The standard InChI is InChI=1S/C68H129N3O20P2/c1-5-9-13-17-21-25-28-32-35-39-43-47-54(73)61-65(88-60(77)51-70-57(74)48-44-40-36-31-24-20-16-12-8-4)64(90-92(79,80)81)55(52-72)89-68(61,69)85-53-56-63(78)66(87-59(76)50-46-42-38-34-30-27-23-19-15-11-7-3)62(67(86-56)91-93(82,83)84)71-58(75)49-45-41-37-33-29-26-22-18-14-10-6-2/h55-56,61-67,72,78H,5-53,69H2,1-4H3,(H,70,74)(H,71,75)(H2,79,80,81)(H2,82,83,84)/t55-,56-,61-,62-,63-,64-,65-,66-,67-,68+/m1/s1. The number of Topliss-reactive ketones (excluding diaryl/α,β-unsaturated/α-hetero) is 1. The fourth-order valence-corrected chi connectivity index (χ4v) is 13.4. The van der Waals surface area contributed by atoms with E-state index in [0.29, 0.717) is 32.1 Å². The first-order valence-electron chi connectivity index (χ1n) is 36.6. The van der Waals surface area contributed by atoms with Crippen molar-refractivity contribution in [3.05, 3.63) is 0 Å². The van der Waals surface area contributed by atoms with Gasteiger partial charge in [-0.1, -0.05) is 272 Å². The summed E-state index contributed by atoms with van der Waals surface area (Å²) in [7, 11) is -11.1. The van der Waals surface area contributed by atoms with Crippen LogP contribution in [0.15, 0.2) is 0 Å². The van der Waals surface area contributed by atoms with Gasteiger partial charge in [-0.2, -0.15) is 0 Å². The lowest BCUT2D eigenvalue weighted by atomic mass is 9.83. The van der Waals surface area contributed by atoms with Crippen LogP contribution in [0.4, 0.5) is 0 Å². The Morgan fingerprint density at radius 1 is 0.462 bits per heavy atom. The molecule has 2 saturated heterocycles. The molecule has 2 amide bonds. The van der Waals surface area contributed by atoms with Crippen LogP contribution in [0, 0.1) is 5.92 Å². The Kier molecular flexibility index (Phi) is 49.0. The Bertz CT molecular complexity index is 2070. The predicted molar refractivity (Wildman–Crippen MR) is 358 cm³/mol. The number of nitrogens with two attached hydrogens (primary N) is 1. The third kappa shape index (κ3) is 40.9. The van der Waals surface area contributed by atoms with Gasteiger partial charge >= 0.3 is 27.6 Å². The van der Waals surface area contributed by atoms with Crippen LogP contribution in [-0.4, -0.2) is 134 Å². The van der Waals surface area contributed by atoms with Crippen LogP contribution in [0.2, 0.25) is 0 Å². The van der Waals surface area contributed by atoms with E-state index in [-0.39, 0.29) is 32.1 Å². The Balaban J connectivity index is 2.51. The first-order chi connectivity index (χ1) is 44.6. The highest BCUT2D eigenvalue weighted by atomic mass is 31.2. The zero-order chi connectivity index (χ0) is 68.6. The fraction of sp³-hybridized carbons (Fsp3) is 0.926. The summed E-state index contributed by atoms with van der Waals surface area (Å²) in [5.41, 5.74) is 6.96. The summed E-state index contributed by atoms with van der Waals surface area (Å²) in [5, 5.41) is 28.2. The normalized spacial score (nSPS) is 22.6. The van der Waals surface area contributed by atoms with Gasteiger partial charge in [0.2, 0.25) is 17.7 Å². The number of ketones is 1. The fourth-order valence-electron chi connectivity index (χ4n) is 12.4. The predicted octanol–water partition coefficient (Wildman–Crippen LogP) is 13.3. The second kappa shape index (κ2) is 52.6. The summed E-state index contributed by atoms with van der Waals surface area (Å²) in [6.45, 7) is 5.84. The minimum atomic E-state index is -5.56. The van der Waals surface area contributed by atoms with Crippen molar-refractivity contribution in [3.8, 4) is 0 Å². The molecule has 0 aromatic rings. The van der Waals surface area contributed by atoms with Crippen molar-refractivity contribution in [2.45, 2.75) is 378 Å². The highest BCUT2D eigenvalue weighted by Crippen LogP contribution is 2.46. The van der Waals surface area contributed by atoms with Gasteiger partial charge in [-0.3, -0.25) is 38.8 Å². The maximum Gasteiger partial charge on any atom is 0.472 e. The van der Waals surface area contributed by atoms with Gasteiger partial charge in [-0.25, -0.2) is 9.13 Å². The van der Waals surface area contributed by atoms with Crippen LogP contribution in [0.25, 0.3) is 0 Å². The summed E-state index contributed by atoms with van der Waals surface area (Å²) in [6, 6.07) is -1.71. The number of hydrogen-bond acceptors (Lipinski definition) is 17. The van der Waals surface area contributed by atoms with E-state index in [9.17, 15) is 62.9 Å². The molecule has 25 heteroatoms. The molecule has 0 saturated carbocycles. The van der Waals surface area contributed by atoms with Crippen LogP contribution in [0.3, 0.4) is 0 Å². The van der Waals surface area contributed by atoms with E-state index in [2.05, 4.69) is 38.3 Å². The Morgan fingerprint density at radius 3 is 1.23 bits per heavy atom. The molecular formula is C68H129N3O20P2. The third-order valence-electron chi connectivity index (χ3n) is 17.8. The van der Waals surface area contributed by atoms with Crippen molar-refractivity contribution in [2.75, 3.05) is 19.8 Å². The van der Waals surface area contributed by atoms with Gasteiger partial charge in [0.25, 0.3) is 0 Å². The lowest BCUT2D eigenvalue weighted by molar-refractivity contribution is -0.353. The Hall–Kier alpha value is -2.47. The molecule has 2 aliphatic heterocycles. The first kappa shape index (κ1) is 86.6. The second-order valence-corrected chi connectivity index (χ2v) is 28.6. The lowest BCUT2D eigenvalue weighted by Crippen LogP contribution is -2.71. The smallest absolute Gasteiger partial charge is 0.457 e. The number of phosphoric ester groups is 2. The number of carbonyl (C=O) groups excluding carboxylic acids is 5. The molecule has 0 radical (unpaired) electrons. The summed E-state index contributed by atoms with van der Waals surface area (Å²) in [5.74, 6) is -8.72. The molecule has 0 bridgehead atoms. The van der Waals surface area contributed by atoms with Crippen LogP contribution in [0.1, 0.15) is 323 Å². The molecule has 10 atom stereocenters. The number of aliphatic hydroxyl groups is 2. The van der Waals surface area contributed by atoms with Crippen LogP contribution >= 0.6 is 15.6 Å². The molecule has 93 heavy (non-hydrogen) atoms. The molecule has 0 aromatic carbocycles. The molecular weight excluding hydrogens is 1240 g/mol. The van der Waals surface area contributed by atoms with Crippen molar-refractivity contribution in [1.29, 1.82) is 0 Å². The largest absolute Gasteiger partial charge is 0.472 e. The maximum atomic E-state index is 14.9. The molecule has 0 aliphatic carbocycles. The van der Waals surface area contributed by atoms with Crippen molar-refractivity contribution in [3.63, 3.8) is 0 Å². The number of carbonyl (C=O) groups is 5. The average molecular weight is 1370 g/mol. The van der Waals surface area contributed by atoms with Gasteiger partial charge < -0.3 is 64.1 Å². The number of hydrogen-bond donors (Lipinski definition) is 9. The van der Waals surface area contributed by atoms with Crippen LogP contribution in [0.5, 0.6) is 0 Å². The van der Waals surface area contributed by atoms with E-state index >= 15 is 0 Å². The number of amides is 2. The van der Waals surface area contributed by atoms with E-state index in [1.54, 1.807) is 0 Å². The van der Waals surface area contributed by atoms with E-state index in [1.165, 1.54) is 89.9 Å². The molecule has 0 spiro atoms. The molecule has 10 N–H and O–H groups in total. The number of ether oxygens (including phenoxy) is 5. The first-order valence-corrected chi connectivity index (χ1v) is 39.7. The van der Waals surface area contributed by atoms with Gasteiger partial charge in [0.05, 0.1) is 13.2 Å². The second-order valence-electron chi connectivity index (χ2n) is 26.2. The quantitative estimate of drug-likeness (QED) is 0.0118. The molecule has 2 heterocycles. The number of nitrogens with one attached hydrogen (secondary N) is 2. The molecule has 23 nitrogen and oxygen atoms in total. The topological polar surface area (TPSA) is 356 Å². The summed E-state index contributed by atoms with van der Waals surface area (Å²) >= 11 is 0. The summed E-state index contributed by atoms with van der Waals surface area (Å²) in [6.07, 6.45) is 27.8. The number of esters is 2. The minimum Gasteiger partial charge on any atom is -0.457 e. The van der Waals surface area contributed by atoms with Crippen LogP contribution < -0.4 is 16.4 Å². The van der Waals surface area contributed by atoms with E-state index in [1.807, 2.05) is 0 Å². The van der Waals surface area contributed by atoms with E-state index in [0.717, 1.165) is 141 Å². The molecule has 2 rings (SSSR count). The van der Waals surface area contributed by atoms with E-state index in [4.69, 9.17) is 38.5 Å². The highest BCUT2D eigenvalue weighted by molar-refractivity contribution is 7.46. The number of aliphatic hydroxyl groups excluding tert-OH is 2. The molecule has 0 aromatic heterocycles. The molecule has 2 fully saturated rings. The lowest BCUT2D eigenvalue weighted by Gasteiger charge is -2.50. The van der Waals surface area contributed by atoms with Crippen molar-refractivity contribution in [2.24, 2.45) is 11.7 Å². The zero-order valence-electron chi connectivity index (χ0n) is 57.7.